The van der Waals surface area contributed by atoms with Gasteiger partial charge in [-0.15, -0.1) is 0 Å². The first-order valence-corrected chi connectivity index (χ1v) is 4.33. The minimum absolute atomic E-state index is 0.130. The van der Waals surface area contributed by atoms with E-state index in [0.29, 0.717) is 12.3 Å². The average Bonchev–Trinajstić information content (AvgIpc) is 2.35. The molecular weight excluding hydrogens is 154 g/mol. The highest BCUT2D eigenvalue weighted by Gasteiger charge is 2.33. The van der Waals surface area contributed by atoms with Crippen molar-refractivity contribution < 1.29 is 9.90 Å². The number of allylic oxidation sites excluding steroid dienone is 1. The SMILES string of the molecule is CN1CCC2CC(O)C(=O)C=C21. The number of ketones is 1. The Morgan fingerprint density at radius 2 is 2.42 bits per heavy atom. The summed E-state index contributed by atoms with van der Waals surface area (Å²) in [6, 6.07) is 0. The van der Waals surface area contributed by atoms with Crippen LogP contribution in [0, 0.1) is 5.92 Å². The number of hydrogen-bond donors (Lipinski definition) is 1. The van der Waals surface area contributed by atoms with Crippen LogP contribution in [0.2, 0.25) is 0 Å². The molecule has 1 aliphatic heterocycles. The molecule has 3 nitrogen and oxygen atoms in total. The fourth-order valence-electron chi connectivity index (χ4n) is 2.03. The molecule has 2 unspecified atom stereocenters. The second-order valence-electron chi connectivity index (χ2n) is 3.63. The van der Waals surface area contributed by atoms with Gasteiger partial charge in [0.05, 0.1) is 0 Å². The second kappa shape index (κ2) is 2.59. The molecule has 1 heterocycles. The van der Waals surface area contributed by atoms with E-state index in [1.54, 1.807) is 6.08 Å². The highest BCUT2D eigenvalue weighted by atomic mass is 16.3. The molecule has 0 aromatic rings. The monoisotopic (exact) mass is 167 g/mol. The fraction of sp³-hybridized carbons (Fsp3) is 0.667. The van der Waals surface area contributed by atoms with Crippen molar-refractivity contribution in [1.82, 2.24) is 4.90 Å². The summed E-state index contributed by atoms with van der Waals surface area (Å²) >= 11 is 0. The van der Waals surface area contributed by atoms with Gasteiger partial charge in [-0.25, -0.2) is 0 Å². The normalized spacial score (nSPS) is 35.0. The third kappa shape index (κ3) is 1.05. The maximum atomic E-state index is 11.1. The van der Waals surface area contributed by atoms with Crippen molar-refractivity contribution >= 4 is 5.78 Å². The zero-order valence-corrected chi connectivity index (χ0v) is 7.16. The lowest BCUT2D eigenvalue weighted by atomic mass is 9.90. The van der Waals surface area contributed by atoms with Crippen molar-refractivity contribution in [2.45, 2.75) is 18.9 Å². The van der Waals surface area contributed by atoms with Gasteiger partial charge in [0, 0.05) is 31.3 Å². The molecule has 66 valence electrons. The molecule has 0 aromatic heterocycles. The lowest BCUT2D eigenvalue weighted by Gasteiger charge is -2.23. The molecular formula is C9H13NO2. The van der Waals surface area contributed by atoms with E-state index in [-0.39, 0.29) is 5.78 Å². The van der Waals surface area contributed by atoms with Crippen molar-refractivity contribution in [2.75, 3.05) is 13.6 Å². The number of aliphatic hydroxyl groups is 1. The van der Waals surface area contributed by atoms with Crippen LogP contribution >= 0.6 is 0 Å². The fourth-order valence-corrected chi connectivity index (χ4v) is 2.03. The Bertz CT molecular complexity index is 247. The topological polar surface area (TPSA) is 40.5 Å². The van der Waals surface area contributed by atoms with E-state index in [1.165, 1.54) is 0 Å². The van der Waals surface area contributed by atoms with Gasteiger partial charge >= 0.3 is 0 Å². The first kappa shape index (κ1) is 7.80. The van der Waals surface area contributed by atoms with E-state index in [0.717, 1.165) is 18.7 Å². The van der Waals surface area contributed by atoms with Crippen molar-refractivity contribution in [3.63, 3.8) is 0 Å². The number of likely N-dealkylation sites (tertiary alicyclic amines) is 1. The van der Waals surface area contributed by atoms with Crippen LogP contribution in [-0.4, -0.2) is 35.5 Å². The lowest BCUT2D eigenvalue weighted by molar-refractivity contribution is -0.123. The molecule has 2 atom stereocenters. The van der Waals surface area contributed by atoms with E-state index < -0.39 is 6.10 Å². The summed E-state index contributed by atoms with van der Waals surface area (Å²) in [5, 5.41) is 9.30. The van der Waals surface area contributed by atoms with Crippen LogP contribution < -0.4 is 0 Å². The summed E-state index contributed by atoms with van der Waals surface area (Å²) in [4.78, 5) is 13.2. The molecule has 1 fully saturated rings. The van der Waals surface area contributed by atoms with Gasteiger partial charge in [-0.05, 0) is 12.8 Å². The molecule has 1 N–H and O–H groups in total. The molecule has 1 saturated heterocycles. The third-order valence-electron chi connectivity index (χ3n) is 2.80. The van der Waals surface area contributed by atoms with Gasteiger partial charge < -0.3 is 10.0 Å². The number of aliphatic hydroxyl groups excluding tert-OH is 1. The van der Waals surface area contributed by atoms with Crippen molar-refractivity contribution in [3.05, 3.63) is 11.8 Å². The molecule has 1 aliphatic carbocycles. The van der Waals surface area contributed by atoms with Gasteiger partial charge in [-0.3, -0.25) is 4.79 Å². The quantitative estimate of drug-likeness (QED) is 0.558. The van der Waals surface area contributed by atoms with E-state index in [2.05, 4.69) is 4.90 Å². The Balaban J connectivity index is 2.27. The van der Waals surface area contributed by atoms with Gasteiger partial charge in [0.15, 0.2) is 5.78 Å². The Labute approximate surface area is 71.7 Å². The highest BCUT2D eigenvalue weighted by Crippen LogP contribution is 2.33. The van der Waals surface area contributed by atoms with Gasteiger partial charge in [0.2, 0.25) is 0 Å². The summed E-state index contributed by atoms with van der Waals surface area (Å²) < 4.78 is 0. The molecule has 3 heteroatoms. The molecule has 2 aliphatic rings. The Morgan fingerprint density at radius 1 is 1.67 bits per heavy atom. The zero-order valence-electron chi connectivity index (χ0n) is 7.16. The Kier molecular flexibility index (Phi) is 1.68. The van der Waals surface area contributed by atoms with Gasteiger partial charge in [-0.2, -0.15) is 0 Å². The minimum atomic E-state index is -0.745. The first-order chi connectivity index (χ1) is 5.68. The smallest absolute Gasteiger partial charge is 0.185 e. The number of fused-ring (bicyclic) bond motifs is 1. The molecule has 12 heavy (non-hydrogen) atoms. The highest BCUT2D eigenvalue weighted by molar-refractivity contribution is 5.95. The molecule has 0 radical (unpaired) electrons. The maximum absolute atomic E-state index is 11.1. The molecule has 2 rings (SSSR count). The maximum Gasteiger partial charge on any atom is 0.185 e. The van der Waals surface area contributed by atoms with Crippen molar-refractivity contribution in [3.8, 4) is 0 Å². The lowest BCUT2D eigenvalue weighted by Crippen LogP contribution is -2.28. The Hall–Kier alpha value is -0.830. The van der Waals surface area contributed by atoms with Crippen LogP contribution in [0.15, 0.2) is 11.8 Å². The molecule has 0 saturated carbocycles. The largest absolute Gasteiger partial charge is 0.385 e. The summed E-state index contributed by atoms with van der Waals surface area (Å²) in [7, 11) is 2.00. The standard InChI is InChI=1S/C9H13NO2/c1-10-3-2-6-4-8(11)9(12)5-7(6)10/h5-6,8,11H,2-4H2,1H3. The first-order valence-electron chi connectivity index (χ1n) is 4.33. The zero-order chi connectivity index (χ0) is 8.72. The van der Waals surface area contributed by atoms with Crippen LogP contribution in [0.1, 0.15) is 12.8 Å². The summed E-state index contributed by atoms with van der Waals surface area (Å²) in [5.74, 6) is 0.290. The van der Waals surface area contributed by atoms with Crippen LogP contribution in [0.25, 0.3) is 0 Å². The van der Waals surface area contributed by atoms with E-state index >= 15 is 0 Å². The Morgan fingerprint density at radius 3 is 3.17 bits per heavy atom. The minimum Gasteiger partial charge on any atom is -0.385 e. The second-order valence-corrected chi connectivity index (χ2v) is 3.63. The van der Waals surface area contributed by atoms with E-state index in [4.69, 9.17) is 0 Å². The van der Waals surface area contributed by atoms with Crippen molar-refractivity contribution in [1.29, 1.82) is 0 Å². The van der Waals surface area contributed by atoms with Gasteiger partial charge in [0.25, 0.3) is 0 Å². The van der Waals surface area contributed by atoms with Crippen molar-refractivity contribution in [2.24, 2.45) is 5.92 Å². The van der Waals surface area contributed by atoms with Crippen LogP contribution in [0.3, 0.4) is 0 Å². The van der Waals surface area contributed by atoms with E-state index in [1.807, 2.05) is 7.05 Å². The average molecular weight is 167 g/mol. The van der Waals surface area contributed by atoms with Crippen LogP contribution in [0.5, 0.6) is 0 Å². The summed E-state index contributed by atoms with van der Waals surface area (Å²) in [5.41, 5.74) is 1.12. The molecule has 0 spiro atoms. The predicted octanol–water partition coefficient (Wildman–Crippen LogP) is 0.156. The summed E-state index contributed by atoms with van der Waals surface area (Å²) in [6.07, 6.45) is 2.55. The van der Waals surface area contributed by atoms with Gasteiger partial charge in [-0.1, -0.05) is 0 Å². The van der Waals surface area contributed by atoms with E-state index in [9.17, 15) is 9.90 Å². The third-order valence-corrected chi connectivity index (χ3v) is 2.80. The number of nitrogens with zero attached hydrogens (tertiary/aromatic N) is 1. The molecule has 0 bridgehead atoms. The predicted molar refractivity (Wildman–Crippen MR) is 44.5 cm³/mol. The number of carbonyl (C=O) groups excluding carboxylic acids is 1. The summed E-state index contributed by atoms with van der Waals surface area (Å²) in [6.45, 7) is 1.01. The molecule has 0 amide bonds. The van der Waals surface area contributed by atoms with Crippen LogP contribution in [0.4, 0.5) is 0 Å². The number of carbonyl (C=O) groups is 1. The number of rotatable bonds is 0. The number of hydrogen-bond acceptors (Lipinski definition) is 3. The van der Waals surface area contributed by atoms with Gasteiger partial charge in [0.1, 0.15) is 6.10 Å². The molecule has 0 aromatic carbocycles. The van der Waals surface area contributed by atoms with Crippen LogP contribution in [-0.2, 0) is 4.79 Å².